The summed E-state index contributed by atoms with van der Waals surface area (Å²) in [5, 5.41) is 22.8. The second-order valence-electron chi connectivity index (χ2n) is 6.98. The Hall–Kier alpha value is -4.43. The van der Waals surface area contributed by atoms with Gasteiger partial charge in [0.15, 0.2) is 0 Å². The third-order valence-corrected chi connectivity index (χ3v) is 4.94. The van der Waals surface area contributed by atoms with Crippen molar-refractivity contribution in [2.75, 3.05) is 0 Å². The van der Waals surface area contributed by atoms with Crippen molar-refractivity contribution in [1.82, 2.24) is 0 Å². The third-order valence-electron chi connectivity index (χ3n) is 4.94. The summed E-state index contributed by atoms with van der Waals surface area (Å²) in [6.45, 7) is 0.398. The first-order valence-corrected chi connectivity index (χ1v) is 9.70. The molecule has 5 heteroatoms. The van der Waals surface area contributed by atoms with E-state index in [-0.39, 0.29) is 5.69 Å². The summed E-state index contributed by atoms with van der Waals surface area (Å²) < 4.78 is 6.06. The van der Waals surface area contributed by atoms with Gasteiger partial charge in [-0.2, -0.15) is 5.26 Å². The van der Waals surface area contributed by atoms with Crippen LogP contribution in [0.2, 0.25) is 0 Å². The van der Waals surface area contributed by atoms with Gasteiger partial charge in [-0.25, -0.2) is 0 Å². The molecule has 0 bridgehead atoms. The number of para-hydroxylation sites is 1. The van der Waals surface area contributed by atoms with E-state index in [1.54, 1.807) is 18.2 Å². The Morgan fingerprint density at radius 3 is 2.39 bits per heavy atom. The highest BCUT2D eigenvalue weighted by molar-refractivity contribution is 5.90. The molecule has 4 aromatic rings. The number of allylic oxidation sites excluding steroid dienone is 1. The predicted molar refractivity (Wildman–Crippen MR) is 121 cm³/mol. The topological polar surface area (TPSA) is 76.2 Å². The van der Waals surface area contributed by atoms with Crippen molar-refractivity contribution in [3.63, 3.8) is 0 Å². The molecule has 150 valence electrons. The molecular weight excluding hydrogens is 388 g/mol. The van der Waals surface area contributed by atoms with Gasteiger partial charge in [0.05, 0.1) is 16.6 Å². The van der Waals surface area contributed by atoms with Gasteiger partial charge >= 0.3 is 0 Å². The molecule has 0 unspecified atom stereocenters. The average molecular weight is 406 g/mol. The van der Waals surface area contributed by atoms with Crippen LogP contribution >= 0.6 is 0 Å². The summed E-state index contributed by atoms with van der Waals surface area (Å²) in [6.07, 6.45) is 1.73. The average Bonchev–Trinajstić information content (AvgIpc) is 2.81. The van der Waals surface area contributed by atoms with Crippen LogP contribution < -0.4 is 4.74 Å². The van der Waals surface area contributed by atoms with Crippen LogP contribution in [-0.4, -0.2) is 4.92 Å². The fourth-order valence-corrected chi connectivity index (χ4v) is 3.32. The predicted octanol–water partition coefficient (Wildman–Crippen LogP) is 6.39. The number of hydrogen-bond acceptors (Lipinski definition) is 4. The molecule has 31 heavy (non-hydrogen) atoms. The van der Waals surface area contributed by atoms with Gasteiger partial charge in [-0.3, -0.25) is 10.1 Å². The van der Waals surface area contributed by atoms with Gasteiger partial charge in [-0.1, -0.05) is 54.6 Å². The van der Waals surface area contributed by atoms with E-state index >= 15 is 0 Å². The van der Waals surface area contributed by atoms with Crippen LogP contribution in [0.1, 0.15) is 16.7 Å². The van der Waals surface area contributed by atoms with Crippen LogP contribution in [0.3, 0.4) is 0 Å². The smallest absolute Gasteiger partial charge is 0.269 e. The summed E-state index contributed by atoms with van der Waals surface area (Å²) in [5.41, 5.74) is 2.81. The molecule has 0 aromatic heterocycles. The SMILES string of the molecule is N#C/C(=C/c1ccccc1OCc1ccc2ccccc2c1)c1ccc([N+](=O)[O-])cc1. The van der Waals surface area contributed by atoms with E-state index in [9.17, 15) is 15.4 Å². The summed E-state index contributed by atoms with van der Waals surface area (Å²) >= 11 is 0. The normalized spacial score (nSPS) is 11.1. The molecule has 0 radical (unpaired) electrons. The molecule has 0 amide bonds. The number of hydrogen-bond donors (Lipinski definition) is 0. The number of nitro groups is 1. The maximum atomic E-state index is 10.9. The third kappa shape index (κ3) is 4.60. The van der Waals surface area contributed by atoms with Crippen LogP contribution in [0, 0.1) is 21.4 Å². The van der Waals surface area contributed by atoms with Gasteiger partial charge in [0.2, 0.25) is 0 Å². The van der Waals surface area contributed by atoms with Crippen molar-refractivity contribution in [3.05, 3.63) is 118 Å². The van der Waals surface area contributed by atoms with Crippen molar-refractivity contribution in [2.45, 2.75) is 6.61 Å². The Bertz CT molecular complexity index is 1320. The number of nitriles is 1. The lowest BCUT2D eigenvalue weighted by Gasteiger charge is -2.10. The van der Waals surface area contributed by atoms with E-state index in [0.717, 1.165) is 16.5 Å². The molecule has 0 saturated heterocycles. The molecule has 0 heterocycles. The fraction of sp³-hybridized carbons (Fsp3) is 0.0385. The maximum Gasteiger partial charge on any atom is 0.269 e. The van der Waals surface area contributed by atoms with Gasteiger partial charge < -0.3 is 4.74 Å². The lowest BCUT2D eigenvalue weighted by atomic mass is 10.0. The van der Waals surface area contributed by atoms with E-state index in [1.165, 1.54) is 17.5 Å². The summed E-state index contributed by atoms with van der Waals surface area (Å²) in [4.78, 5) is 10.4. The van der Waals surface area contributed by atoms with Crippen molar-refractivity contribution in [1.29, 1.82) is 5.26 Å². The molecule has 0 N–H and O–H groups in total. The molecule has 5 nitrogen and oxygen atoms in total. The Morgan fingerprint density at radius 1 is 0.935 bits per heavy atom. The number of nitrogens with zero attached hydrogens (tertiary/aromatic N) is 2. The molecule has 0 aliphatic rings. The van der Waals surface area contributed by atoms with Crippen LogP contribution in [0.15, 0.2) is 91.0 Å². The van der Waals surface area contributed by atoms with E-state index in [0.29, 0.717) is 23.5 Å². The molecular formula is C26H18N2O3. The standard InChI is InChI=1S/C26H18N2O3/c27-17-24(21-11-13-25(14-12-21)28(29)30)16-23-7-3-4-8-26(23)31-18-19-9-10-20-5-1-2-6-22(20)15-19/h1-16H,18H2/b24-16-. The highest BCUT2D eigenvalue weighted by Gasteiger charge is 2.09. The summed E-state index contributed by atoms with van der Waals surface area (Å²) in [5.74, 6) is 0.658. The maximum absolute atomic E-state index is 10.9. The molecule has 0 spiro atoms. The van der Waals surface area contributed by atoms with E-state index in [2.05, 4.69) is 30.3 Å². The Labute approximate surface area is 179 Å². The van der Waals surface area contributed by atoms with Gasteiger partial charge in [-0.15, -0.1) is 0 Å². The molecule has 0 aliphatic carbocycles. The molecule has 0 aliphatic heterocycles. The van der Waals surface area contributed by atoms with Crippen molar-refractivity contribution >= 4 is 28.1 Å². The first-order valence-electron chi connectivity index (χ1n) is 9.70. The second-order valence-corrected chi connectivity index (χ2v) is 6.98. The largest absolute Gasteiger partial charge is 0.488 e. The molecule has 4 rings (SSSR count). The molecule has 0 atom stereocenters. The highest BCUT2D eigenvalue weighted by atomic mass is 16.6. The minimum absolute atomic E-state index is 0.0137. The minimum Gasteiger partial charge on any atom is -0.488 e. The van der Waals surface area contributed by atoms with Crippen molar-refractivity contribution < 1.29 is 9.66 Å². The Balaban J connectivity index is 1.58. The van der Waals surface area contributed by atoms with E-state index < -0.39 is 4.92 Å². The number of non-ortho nitro benzene ring substituents is 1. The van der Waals surface area contributed by atoms with Crippen LogP contribution in [0.5, 0.6) is 5.75 Å². The van der Waals surface area contributed by atoms with Crippen molar-refractivity contribution in [2.24, 2.45) is 0 Å². The highest BCUT2D eigenvalue weighted by Crippen LogP contribution is 2.27. The van der Waals surface area contributed by atoms with Crippen molar-refractivity contribution in [3.8, 4) is 11.8 Å². The first kappa shape index (κ1) is 19.9. The monoisotopic (exact) mass is 406 g/mol. The number of fused-ring (bicyclic) bond motifs is 1. The quantitative estimate of drug-likeness (QED) is 0.161. The van der Waals surface area contributed by atoms with Gasteiger partial charge in [-0.05, 0) is 52.2 Å². The van der Waals surface area contributed by atoms with E-state index in [4.69, 9.17) is 4.74 Å². The van der Waals surface area contributed by atoms with Gasteiger partial charge in [0.1, 0.15) is 12.4 Å². The zero-order valence-corrected chi connectivity index (χ0v) is 16.6. The first-order chi connectivity index (χ1) is 15.1. The second kappa shape index (κ2) is 8.93. The summed E-state index contributed by atoms with van der Waals surface area (Å²) in [6, 6.07) is 30.0. The Morgan fingerprint density at radius 2 is 1.65 bits per heavy atom. The zero-order chi connectivity index (χ0) is 21.6. The minimum atomic E-state index is -0.463. The van der Waals surface area contributed by atoms with Crippen LogP contribution in [0.4, 0.5) is 5.69 Å². The molecule has 4 aromatic carbocycles. The van der Waals surface area contributed by atoms with Crippen LogP contribution in [0.25, 0.3) is 22.4 Å². The number of ether oxygens (including phenoxy) is 1. The number of nitro benzene ring substituents is 1. The molecule has 0 fully saturated rings. The van der Waals surface area contributed by atoms with E-state index in [1.807, 2.05) is 42.5 Å². The zero-order valence-electron chi connectivity index (χ0n) is 16.6. The molecule has 0 saturated carbocycles. The lowest BCUT2D eigenvalue weighted by molar-refractivity contribution is -0.384. The van der Waals surface area contributed by atoms with Gasteiger partial charge in [0, 0.05) is 17.7 Å². The number of benzene rings is 4. The Kier molecular flexibility index (Phi) is 5.72. The summed E-state index contributed by atoms with van der Waals surface area (Å²) in [7, 11) is 0. The number of rotatable bonds is 6. The van der Waals surface area contributed by atoms with Gasteiger partial charge in [0.25, 0.3) is 5.69 Å². The van der Waals surface area contributed by atoms with Crippen LogP contribution in [-0.2, 0) is 6.61 Å². The fourth-order valence-electron chi connectivity index (χ4n) is 3.32. The lowest BCUT2D eigenvalue weighted by Crippen LogP contribution is -1.97.